The molecule has 0 aliphatic carbocycles. The van der Waals surface area contributed by atoms with Crippen molar-refractivity contribution < 1.29 is 0 Å². The Morgan fingerprint density at radius 1 is 1.18 bits per heavy atom. The molecular weight excluding hydrogens is 234 g/mol. The molecule has 0 atom stereocenters. The van der Waals surface area contributed by atoms with Crippen molar-refractivity contribution in [3.63, 3.8) is 0 Å². The van der Waals surface area contributed by atoms with Gasteiger partial charge in [0.15, 0.2) is 0 Å². The molecule has 3 N–H and O–H groups in total. The summed E-state index contributed by atoms with van der Waals surface area (Å²) in [6.45, 7) is 3.89. The van der Waals surface area contributed by atoms with Gasteiger partial charge in [-0.25, -0.2) is 4.98 Å². The van der Waals surface area contributed by atoms with Crippen LogP contribution < -0.4 is 11.1 Å². The van der Waals surface area contributed by atoms with E-state index in [9.17, 15) is 0 Å². The maximum Gasteiger partial charge on any atom is 0.132 e. The maximum absolute atomic E-state index is 6.05. The highest BCUT2D eigenvalue weighted by Gasteiger charge is 2.01. The fourth-order valence-electron chi connectivity index (χ4n) is 1.43. The average Bonchev–Trinajstić information content (AvgIpc) is 2.29. The second-order valence-electron chi connectivity index (χ2n) is 4.02. The molecule has 0 saturated heterocycles. The lowest BCUT2D eigenvalue weighted by molar-refractivity contribution is 1.26. The number of aryl methyl sites for hydroxylation is 2. The number of anilines is 3. The normalized spacial score (nSPS) is 10.3. The zero-order valence-electron chi connectivity index (χ0n) is 9.79. The van der Waals surface area contributed by atoms with Crippen LogP contribution >= 0.6 is 11.6 Å². The number of hydrogen-bond acceptors (Lipinski definition) is 3. The molecule has 88 valence electrons. The van der Waals surface area contributed by atoms with E-state index in [1.165, 1.54) is 0 Å². The number of rotatable bonds is 2. The van der Waals surface area contributed by atoms with E-state index in [2.05, 4.69) is 10.3 Å². The lowest BCUT2D eigenvalue weighted by Crippen LogP contribution is -1.97. The Morgan fingerprint density at radius 2 is 1.94 bits per heavy atom. The largest absolute Gasteiger partial charge is 0.398 e. The summed E-state index contributed by atoms with van der Waals surface area (Å²) in [5.41, 5.74) is 9.46. The molecule has 1 aromatic carbocycles. The Balaban J connectivity index is 2.25. The van der Waals surface area contributed by atoms with E-state index in [0.717, 1.165) is 27.5 Å². The van der Waals surface area contributed by atoms with Crippen LogP contribution in [0.3, 0.4) is 0 Å². The number of pyridine rings is 1. The SMILES string of the molecule is Cc1cnc(Nc2ccc(C)c(Cl)c2)cc1N. The van der Waals surface area contributed by atoms with Crippen LogP contribution in [0.25, 0.3) is 0 Å². The van der Waals surface area contributed by atoms with Gasteiger partial charge in [0, 0.05) is 28.7 Å². The van der Waals surface area contributed by atoms with Gasteiger partial charge < -0.3 is 11.1 Å². The highest BCUT2D eigenvalue weighted by atomic mass is 35.5. The van der Waals surface area contributed by atoms with Crippen LogP contribution in [0.15, 0.2) is 30.5 Å². The molecule has 0 radical (unpaired) electrons. The highest BCUT2D eigenvalue weighted by molar-refractivity contribution is 6.31. The van der Waals surface area contributed by atoms with Crippen molar-refractivity contribution in [3.05, 3.63) is 46.6 Å². The van der Waals surface area contributed by atoms with Crippen molar-refractivity contribution in [1.82, 2.24) is 4.98 Å². The summed E-state index contributed by atoms with van der Waals surface area (Å²) in [4.78, 5) is 4.25. The third kappa shape index (κ3) is 2.68. The number of nitrogen functional groups attached to an aromatic ring is 1. The molecule has 1 aromatic heterocycles. The van der Waals surface area contributed by atoms with Gasteiger partial charge in [0.25, 0.3) is 0 Å². The van der Waals surface area contributed by atoms with Crippen molar-refractivity contribution in [2.75, 3.05) is 11.1 Å². The van der Waals surface area contributed by atoms with Gasteiger partial charge in [-0.3, -0.25) is 0 Å². The van der Waals surface area contributed by atoms with Crippen LogP contribution in [0.5, 0.6) is 0 Å². The summed E-state index contributed by atoms with van der Waals surface area (Å²) in [6, 6.07) is 7.60. The van der Waals surface area contributed by atoms with Gasteiger partial charge >= 0.3 is 0 Å². The summed E-state index contributed by atoms with van der Waals surface area (Å²) in [5.74, 6) is 0.716. The number of nitrogens with one attached hydrogen (secondary N) is 1. The van der Waals surface area contributed by atoms with Crippen LogP contribution in [-0.4, -0.2) is 4.98 Å². The van der Waals surface area contributed by atoms with E-state index in [0.29, 0.717) is 5.82 Å². The molecule has 2 rings (SSSR count). The first-order valence-corrected chi connectivity index (χ1v) is 5.69. The summed E-state index contributed by atoms with van der Waals surface area (Å²) in [5, 5.41) is 3.90. The molecule has 0 aliphatic rings. The first kappa shape index (κ1) is 11.7. The van der Waals surface area contributed by atoms with Gasteiger partial charge in [0.2, 0.25) is 0 Å². The minimum Gasteiger partial charge on any atom is -0.398 e. The maximum atomic E-state index is 6.05. The molecule has 2 aromatic rings. The Morgan fingerprint density at radius 3 is 2.59 bits per heavy atom. The van der Waals surface area contributed by atoms with E-state index < -0.39 is 0 Å². The first-order chi connectivity index (χ1) is 8.06. The molecule has 0 saturated carbocycles. The zero-order valence-corrected chi connectivity index (χ0v) is 10.5. The second-order valence-corrected chi connectivity index (χ2v) is 4.42. The number of nitrogens with zero attached hydrogens (tertiary/aromatic N) is 1. The fourth-order valence-corrected chi connectivity index (χ4v) is 1.61. The van der Waals surface area contributed by atoms with Crippen LogP contribution in [0.4, 0.5) is 17.2 Å². The summed E-state index contributed by atoms with van der Waals surface area (Å²) in [7, 11) is 0. The van der Waals surface area contributed by atoms with E-state index in [1.54, 1.807) is 6.20 Å². The predicted molar refractivity (Wildman–Crippen MR) is 72.9 cm³/mol. The van der Waals surface area contributed by atoms with E-state index in [-0.39, 0.29) is 0 Å². The summed E-state index contributed by atoms with van der Waals surface area (Å²) < 4.78 is 0. The summed E-state index contributed by atoms with van der Waals surface area (Å²) >= 11 is 6.05. The van der Waals surface area contributed by atoms with Gasteiger partial charge in [-0.2, -0.15) is 0 Å². The van der Waals surface area contributed by atoms with Crippen molar-refractivity contribution in [3.8, 4) is 0 Å². The molecule has 0 bridgehead atoms. The molecule has 0 amide bonds. The predicted octanol–water partition coefficient (Wildman–Crippen LogP) is 3.68. The zero-order chi connectivity index (χ0) is 12.4. The highest BCUT2D eigenvalue weighted by Crippen LogP contribution is 2.23. The van der Waals surface area contributed by atoms with Crippen LogP contribution in [0.2, 0.25) is 5.02 Å². The number of benzene rings is 1. The Kier molecular flexibility index (Phi) is 3.20. The lowest BCUT2D eigenvalue weighted by atomic mass is 10.2. The molecule has 4 heteroatoms. The van der Waals surface area contributed by atoms with E-state index in [1.807, 2.05) is 38.1 Å². The van der Waals surface area contributed by atoms with Crippen LogP contribution in [0, 0.1) is 13.8 Å². The lowest BCUT2D eigenvalue weighted by Gasteiger charge is -2.08. The third-order valence-corrected chi connectivity index (χ3v) is 3.00. The topological polar surface area (TPSA) is 50.9 Å². The van der Waals surface area contributed by atoms with Gasteiger partial charge in [-0.05, 0) is 37.1 Å². The first-order valence-electron chi connectivity index (χ1n) is 5.31. The molecule has 3 nitrogen and oxygen atoms in total. The Hall–Kier alpha value is -1.74. The molecule has 1 heterocycles. The smallest absolute Gasteiger partial charge is 0.132 e. The van der Waals surface area contributed by atoms with Gasteiger partial charge in [-0.1, -0.05) is 17.7 Å². The monoisotopic (exact) mass is 247 g/mol. The van der Waals surface area contributed by atoms with Crippen LogP contribution in [0.1, 0.15) is 11.1 Å². The number of aromatic nitrogens is 1. The summed E-state index contributed by atoms with van der Waals surface area (Å²) in [6.07, 6.45) is 1.74. The van der Waals surface area contributed by atoms with Crippen LogP contribution in [-0.2, 0) is 0 Å². The quantitative estimate of drug-likeness (QED) is 0.851. The van der Waals surface area contributed by atoms with Crippen molar-refractivity contribution in [2.45, 2.75) is 13.8 Å². The van der Waals surface area contributed by atoms with Gasteiger partial charge in [-0.15, -0.1) is 0 Å². The second kappa shape index (κ2) is 4.63. The van der Waals surface area contributed by atoms with Crippen molar-refractivity contribution >= 4 is 28.8 Å². The Bertz CT molecular complexity index is 503. The number of hydrogen-bond donors (Lipinski definition) is 2. The molecule has 0 fully saturated rings. The third-order valence-electron chi connectivity index (χ3n) is 2.59. The van der Waals surface area contributed by atoms with Crippen molar-refractivity contribution in [2.24, 2.45) is 0 Å². The molecule has 17 heavy (non-hydrogen) atoms. The molecule has 0 aliphatic heterocycles. The average molecular weight is 248 g/mol. The number of halogens is 1. The fraction of sp³-hybridized carbons (Fsp3) is 0.154. The van der Waals surface area contributed by atoms with Gasteiger partial charge in [0.05, 0.1) is 0 Å². The number of nitrogens with two attached hydrogens (primary N) is 1. The standard InChI is InChI=1S/C13H14ClN3/c1-8-3-4-10(5-11(8)14)17-13-6-12(15)9(2)7-16-13/h3-7H,1-2H3,(H3,15,16,17). The van der Waals surface area contributed by atoms with Crippen molar-refractivity contribution in [1.29, 1.82) is 0 Å². The van der Waals surface area contributed by atoms with Gasteiger partial charge in [0.1, 0.15) is 5.82 Å². The molecule has 0 unspecified atom stereocenters. The molecular formula is C13H14ClN3. The minimum absolute atomic E-state index is 0.716. The molecule has 0 spiro atoms. The minimum atomic E-state index is 0.716. The Labute approximate surface area is 106 Å². The van der Waals surface area contributed by atoms with E-state index >= 15 is 0 Å². The van der Waals surface area contributed by atoms with E-state index in [4.69, 9.17) is 17.3 Å².